The van der Waals surface area contributed by atoms with E-state index in [9.17, 15) is 0 Å². The van der Waals surface area contributed by atoms with E-state index in [2.05, 4.69) is 33.4 Å². The summed E-state index contributed by atoms with van der Waals surface area (Å²) in [5, 5.41) is 3.44. The molecule has 0 aromatic heterocycles. The molecule has 2 atom stereocenters. The molecule has 1 aliphatic rings. The Kier molecular flexibility index (Phi) is 7.00. The summed E-state index contributed by atoms with van der Waals surface area (Å²) in [5.74, 6) is 0.915. The number of methoxy groups -OCH3 is 1. The Bertz CT molecular complexity index is 433. The van der Waals surface area contributed by atoms with E-state index in [1.807, 2.05) is 13.1 Å². The average molecular weight is 356 g/mol. The Morgan fingerprint density at radius 3 is 2.95 bits per heavy atom. The zero-order valence-electron chi connectivity index (χ0n) is 13.0. The van der Waals surface area contributed by atoms with E-state index in [4.69, 9.17) is 9.47 Å². The van der Waals surface area contributed by atoms with Gasteiger partial charge in [-0.15, -0.1) is 0 Å². The highest BCUT2D eigenvalue weighted by Crippen LogP contribution is 2.25. The number of hydrogen-bond donors (Lipinski definition) is 1. The molecule has 1 aromatic carbocycles. The van der Waals surface area contributed by atoms with Crippen LogP contribution in [-0.2, 0) is 11.2 Å². The second kappa shape index (κ2) is 8.76. The van der Waals surface area contributed by atoms with Gasteiger partial charge in [0.05, 0.1) is 13.2 Å². The number of benzene rings is 1. The number of halogens is 1. The second-order valence-corrected chi connectivity index (χ2v) is 6.57. The molecule has 1 N–H and O–H groups in total. The quantitative estimate of drug-likeness (QED) is 0.803. The third-order valence-electron chi connectivity index (χ3n) is 4.24. The van der Waals surface area contributed by atoms with Crippen LogP contribution in [0.1, 0.15) is 37.7 Å². The molecule has 1 aromatic rings. The summed E-state index contributed by atoms with van der Waals surface area (Å²) in [5.41, 5.74) is 1.29. The van der Waals surface area contributed by atoms with Gasteiger partial charge in [0.25, 0.3) is 0 Å². The van der Waals surface area contributed by atoms with Crippen molar-refractivity contribution in [2.24, 2.45) is 0 Å². The fourth-order valence-electron chi connectivity index (χ4n) is 2.87. The number of nitrogens with one attached hydrogen (secondary N) is 1. The molecule has 0 radical (unpaired) electrons. The van der Waals surface area contributed by atoms with Gasteiger partial charge < -0.3 is 14.8 Å². The summed E-state index contributed by atoms with van der Waals surface area (Å²) in [6, 6.07) is 6.63. The molecule has 1 fully saturated rings. The third-order valence-corrected chi connectivity index (χ3v) is 5.01. The van der Waals surface area contributed by atoms with Gasteiger partial charge in [0.1, 0.15) is 5.75 Å². The van der Waals surface area contributed by atoms with Crippen molar-refractivity contribution in [1.82, 2.24) is 5.32 Å². The smallest absolute Gasteiger partial charge is 0.119 e. The second-order valence-electron chi connectivity index (χ2n) is 5.71. The Morgan fingerprint density at radius 1 is 1.43 bits per heavy atom. The molecule has 2 unspecified atom stereocenters. The maximum absolute atomic E-state index is 5.83. The zero-order chi connectivity index (χ0) is 15.1. The first-order valence-corrected chi connectivity index (χ1v) is 8.63. The number of rotatable bonds is 7. The summed E-state index contributed by atoms with van der Waals surface area (Å²) >= 11 is 3.64. The largest absolute Gasteiger partial charge is 0.497 e. The molecule has 2 rings (SSSR count). The van der Waals surface area contributed by atoms with Crippen LogP contribution in [0.25, 0.3) is 0 Å². The molecule has 0 aliphatic carbocycles. The molecule has 0 bridgehead atoms. The fraction of sp³-hybridized carbons (Fsp3) is 0.647. The highest BCUT2D eigenvalue weighted by atomic mass is 79.9. The predicted molar refractivity (Wildman–Crippen MR) is 90.1 cm³/mol. The van der Waals surface area contributed by atoms with E-state index in [0.29, 0.717) is 12.1 Å². The van der Waals surface area contributed by atoms with E-state index < -0.39 is 0 Å². The van der Waals surface area contributed by atoms with Crippen LogP contribution in [0.3, 0.4) is 0 Å². The Balaban J connectivity index is 1.89. The lowest BCUT2D eigenvalue weighted by Crippen LogP contribution is -2.30. The maximum atomic E-state index is 5.83. The summed E-state index contributed by atoms with van der Waals surface area (Å²) in [6.45, 7) is 0.941. The summed E-state index contributed by atoms with van der Waals surface area (Å²) in [4.78, 5) is 0. The minimum Gasteiger partial charge on any atom is -0.497 e. The zero-order valence-corrected chi connectivity index (χ0v) is 14.6. The van der Waals surface area contributed by atoms with E-state index >= 15 is 0 Å². The minimum absolute atomic E-state index is 0.461. The monoisotopic (exact) mass is 355 g/mol. The van der Waals surface area contributed by atoms with Gasteiger partial charge in [-0.2, -0.15) is 0 Å². The number of likely N-dealkylation sites (N-methyl/N-ethyl adjacent to an activating group) is 1. The number of ether oxygens (including phenoxy) is 2. The van der Waals surface area contributed by atoms with Gasteiger partial charge in [-0.05, 0) is 69.3 Å². The van der Waals surface area contributed by atoms with Gasteiger partial charge >= 0.3 is 0 Å². The molecule has 118 valence electrons. The highest BCUT2D eigenvalue weighted by molar-refractivity contribution is 9.10. The molecule has 0 saturated carbocycles. The molecule has 3 nitrogen and oxygen atoms in total. The summed E-state index contributed by atoms with van der Waals surface area (Å²) in [6.07, 6.45) is 7.51. The van der Waals surface area contributed by atoms with Crippen LogP contribution in [0.2, 0.25) is 0 Å². The van der Waals surface area contributed by atoms with Crippen molar-refractivity contribution in [3.63, 3.8) is 0 Å². The van der Waals surface area contributed by atoms with Crippen LogP contribution in [0.5, 0.6) is 5.75 Å². The molecule has 1 saturated heterocycles. The topological polar surface area (TPSA) is 30.5 Å². The highest BCUT2D eigenvalue weighted by Gasteiger charge is 2.17. The van der Waals surface area contributed by atoms with Gasteiger partial charge in [0, 0.05) is 17.1 Å². The first-order valence-electron chi connectivity index (χ1n) is 7.84. The van der Waals surface area contributed by atoms with Gasteiger partial charge in [-0.3, -0.25) is 0 Å². The Morgan fingerprint density at radius 2 is 2.29 bits per heavy atom. The SMILES string of the molecule is CNC(CCC1CCCCO1)Cc1cc(OC)ccc1Br. The van der Waals surface area contributed by atoms with Crippen LogP contribution in [-0.4, -0.2) is 32.9 Å². The first kappa shape index (κ1) is 16.8. The summed E-state index contributed by atoms with van der Waals surface area (Å²) < 4.78 is 12.3. The molecule has 21 heavy (non-hydrogen) atoms. The summed E-state index contributed by atoms with van der Waals surface area (Å²) in [7, 11) is 3.75. The van der Waals surface area contributed by atoms with Gasteiger partial charge in [0.15, 0.2) is 0 Å². The minimum atomic E-state index is 0.461. The standard InChI is InChI=1S/C17H26BrNO2/c1-19-14(6-7-15-5-3-4-10-21-15)11-13-12-16(20-2)8-9-17(13)18/h8-9,12,14-15,19H,3-7,10-11H2,1-2H3. The van der Waals surface area contributed by atoms with Crippen molar-refractivity contribution < 1.29 is 9.47 Å². The van der Waals surface area contributed by atoms with Crippen molar-refractivity contribution >= 4 is 15.9 Å². The molecular formula is C17H26BrNO2. The first-order chi connectivity index (χ1) is 10.2. The molecule has 0 amide bonds. The van der Waals surface area contributed by atoms with Crippen molar-refractivity contribution in [2.45, 2.75) is 50.7 Å². The van der Waals surface area contributed by atoms with Crippen molar-refractivity contribution in [2.75, 3.05) is 20.8 Å². The van der Waals surface area contributed by atoms with Crippen LogP contribution in [0, 0.1) is 0 Å². The lowest BCUT2D eigenvalue weighted by Gasteiger charge is -2.25. The van der Waals surface area contributed by atoms with Gasteiger partial charge in [0.2, 0.25) is 0 Å². The van der Waals surface area contributed by atoms with E-state index in [0.717, 1.165) is 36.1 Å². The maximum Gasteiger partial charge on any atom is 0.119 e. The number of hydrogen-bond acceptors (Lipinski definition) is 3. The molecule has 1 heterocycles. The van der Waals surface area contributed by atoms with Crippen LogP contribution in [0.15, 0.2) is 22.7 Å². The molecule has 1 aliphatic heterocycles. The lowest BCUT2D eigenvalue weighted by atomic mass is 9.97. The fourth-order valence-corrected chi connectivity index (χ4v) is 3.28. The lowest BCUT2D eigenvalue weighted by molar-refractivity contribution is 0.00870. The van der Waals surface area contributed by atoms with Crippen molar-refractivity contribution in [3.05, 3.63) is 28.2 Å². The van der Waals surface area contributed by atoms with Gasteiger partial charge in [-0.1, -0.05) is 15.9 Å². The van der Waals surface area contributed by atoms with Crippen LogP contribution in [0.4, 0.5) is 0 Å². The van der Waals surface area contributed by atoms with Crippen LogP contribution < -0.4 is 10.1 Å². The average Bonchev–Trinajstić information content (AvgIpc) is 2.54. The Labute approximate surface area is 136 Å². The normalized spacial score (nSPS) is 20.2. The van der Waals surface area contributed by atoms with Crippen LogP contribution >= 0.6 is 15.9 Å². The van der Waals surface area contributed by atoms with Crippen molar-refractivity contribution in [3.8, 4) is 5.75 Å². The van der Waals surface area contributed by atoms with Crippen molar-refractivity contribution in [1.29, 1.82) is 0 Å². The van der Waals surface area contributed by atoms with E-state index in [1.165, 1.54) is 24.8 Å². The third kappa shape index (κ3) is 5.28. The van der Waals surface area contributed by atoms with E-state index in [1.54, 1.807) is 7.11 Å². The van der Waals surface area contributed by atoms with Gasteiger partial charge in [-0.25, -0.2) is 0 Å². The molecule has 4 heteroatoms. The molecule has 0 spiro atoms. The predicted octanol–water partition coefficient (Wildman–Crippen LogP) is 3.94. The Hall–Kier alpha value is -0.580. The molecular weight excluding hydrogens is 330 g/mol. The van der Waals surface area contributed by atoms with E-state index in [-0.39, 0.29) is 0 Å².